The first-order chi connectivity index (χ1) is 13.4. The molecule has 0 N–H and O–H groups in total. The highest BCUT2D eigenvalue weighted by molar-refractivity contribution is 5.36. The van der Waals surface area contributed by atoms with Gasteiger partial charge in [0.05, 0.1) is 6.10 Å². The normalized spacial score (nSPS) is 34.8. The standard InChI is InChI=1S/C24H35NO2/c1-2-7-24(27-17-21-5-3-4-14-26-21)22(6-1)19-10-12-25(13-11-19)23-16-18-8-9-20(23)15-18/h1-2,6-7,18-21,23H,3-5,8-17H2/t18-,20-,21?,23-/m0/s1. The van der Waals surface area contributed by atoms with E-state index in [-0.39, 0.29) is 6.10 Å². The molecule has 4 fully saturated rings. The number of piperidine rings is 1. The maximum atomic E-state index is 6.26. The van der Waals surface area contributed by atoms with Crippen LogP contribution in [0.5, 0.6) is 5.75 Å². The zero-order valence-corrected chi connectivity index (χ0v) is 16.7. The average molecular weight is 370 g/mol. The number of hydrogen-bond donors (Lipinski definition) is 0. The monoisotopic (exact) mass is 369 g/mol. The summed E-state index contributed by atoms with van der Waals surface area (Å²) in [7, 11) is 0. The fourth-order valence-electron chi connectivity index (χ4n) is 6.27. The minimum Gasteiger partial charge on any atom is -0.491 e. The van der Waals surface area contributed by atoms with Crippen molar-refractivity contribution < 1.29 is 9.47 Å². The van der Waals surface area contributed by atoms with Crippen molar-refractivity contribution in [3.05, 3.63) is 29.8 Å². The lowest BCUT2D eigenvalue weighted by atomic mass is 9.86. The molecule has 0 spiro atoms. The van der Waals surface area contributed by atoms with Gasteiger partial charge in [0.15, 0.2) is 0 Å². The fraction of sp³-hybridized carbons (Fsp3) is 0.750. The van der Waals surface area contributed by atoms with Crippen molar-refractivity contribution in [1.82, 2.24) is 4.90 Å². The zero-order valence-electron chi connectivity index (χ0n) is 16.7. The minimum atomic E-state index is 0.284. The Bertz CT molecular complexity index is 619. The lowest BCUT2D eigenvalue weighted by Crippen LogP contribution is -2.43. The molecule has 0 aromatic heterocycles. The van der Waals surface area contributed by atoms with Gasteiger partial charge in [-0.05, 0) is 93.8 Å². The van der Waals surface area contributed by atoms with Crippen LogP contribution in [0.15, 0.2) is 24.3 Å². The molecular formula is C24H35NO2. The SMILES string of the molecule is c1ccc(C2CCN([C@H]3C[C@H]4CC[C@H]3C4)CC2)c(OCC2CCCCO2)c1. The smallest absolute Gasteiger partial charge is 0.122 e. The highest BCUT2D eigenvalue weighted by Crippen LogP contribution is 2.47. The van der Waals surface area contributed by atoms with Crippen molar-refractivity contribution in [3.63, 3.8) is 0 Å². The molecule has 2 saturated carbocycles. The van der Waals surface area contributed by atoms with E-state index in [0.717, 1.165) is 36.7 Å². The summed E-state index contributed by atoms with van der Waals surface area (Å²) in [6, 6.07) is 9.67. The average Bonchev–Trinajstić information content (AvgIpc) is 3.37. The van der Waals surface area contributed by atoms with E-state index in [1.54, 1.807) is 0 Å². The van der Waals surface area contributed by atoms with Gasteiger partial charge in [-0.1, -0.05) is 24.6 Å². The summed E-state index contributed by atoms with van der Waals surface area (Å²) < 4.78 is 12.1. The quantitative estimate of drug-likeness (QED) is 0.729. The molecule has 2 saturated heterocycles. The van der Waals surface area contributed by atoms with E-state index in [1.165, 1.54) is 70.0 Å². The van der Waals surface area contributed by atoms with Gasteiger partial charge in [0.2, 0.25) is 0 Å². The number of fused-ring (bicyclic) bond motifs is 2. The van der Waals surface area contributed by atoms with Crippen molar-refractivity contribution >= 4 is 0 Å². The second-order valence-electron chi connectivity index (χ2n) is 9.39. The topological polar surface area (TPSA) is 21.7 Å². The highest BCUT2D eigenvalue weighted by atomic mass is 16.5. The van der Waals surface area contributed by atoms with Crippen molar-refractivity contribution in [1.29, 1.82) is 0 Å². The van der Waals surface area contributed by atoms with Gasteiger partial charge in [0, 0.05) is 12.6 Å². The fourth-order valence-corrected chi connectivity index (χ4v) is 6.27. The second kappa shape index (κ2) is 8.13. The number of nitrogens with zero attached hydrogens (tertiary/aromatic N) is 1. The maximum absolute atomic E-state index is 6.26. The summed E-state index contributed by atoms with van der Waals surface area (Å²) in [5.41, 5.74) is 1.43. The highest BCUT2D eigenvalue weighted by Gasteiger charge is 2.43. The summed E-state index contributed by atoms with van der Waals surface area (Å²) in [5.74, 6) is 3.82. The number of ether oxygens (including phenoxy) is 2. The summed E-state index contributed by atoms with van der Waals surface area (Å²) in [6.07, 6.45) is 12.5. The molecule has 4 atom stereocenters. The van der Waals surface area contributed by atoms with Gasteiger partial charge in [0.1, 0.15) is 12.4 Å². The Hall–Kier alpha value is -1.06. The van der Waals surface area contributed by atoms with Crippen molar-refractivity contribution in [3.8, 4) is 5.75 Å². The Labute approximate surface area is 164 Å². The predicted molar refractivity (Wildman–Crippen MR) is 108 cm³/mol. The van der Waals surface area contributed by atoms with E-state index in [4.69, 9.17) is 9.47 Å². The van der Waals surface area contributed by atoms with Crippen LogP contribution in [-0.4, -0.2) is 43.3 Å². The van der Waals surface area contributed by atoms with E-state index in [2.05, 4.69) is 29.2 Å². The molecular weight excluding hydrogens is 334 g/mol. The third-order valence-electron chi connectivity index (χ3n) is 7.76. The largest absolute Gasteiger partial charge is 0.491 e. The van der Waals surface area contributed by atoms with E-state index < -0.39 is 0 Å². The third-order valence-corrected chi connectivity index (χ3v) is 7.76. The summed E-state index contributed by atoms with van der Waals surface area (Å²) in [6.45, 7) is 4.16. The Morgan fingerprint density at radius 2 is 1.85 bits per heavy atom. The van der Waals surface area contributed by atoms with Crippen molar-refractivity contribution in [2.24, 2.45) is 11.8 Å². The molecule has 2 bridgehead atoms. The van der Waals surface area contributed by atoms with Crippen molar-refractivity contribution in [2.45, 2.75) is 75.9 Å². The number of rotatable bonds is 5. The molecule has 2 heterocycles. The molecule has 0 radical (unpaired) electrons. The van der Waals surface area contributed by atoms with Gasteiger partial charge >= 0.3 is 0 Å². The van der Waals surface area contributed by atoms with Gasteiger partial charge in [-0.15, -0.1) is 0 Å². The summed E-state index contributed by atoms with van der Waals surface area (Å²) in [4.78, 5) is 2.83. The molecule has 1 unspecified atom stereocenters. The number of hydrogen-bond acceptors (Lipinski definition) is 3. The molecule has 3 nitrogen and oxygen atoms in total. The Morgan fingerprint density at radius 3 is 2.59 bits per heavy atom. The van der Waals surface area contributed by atoms with E-state index in [1.807, 2.05) is 0 Å². The number of benzene rings is 1. The Morgan fingerprint density at radius 1 is 0.963 bits per heavy atom. The molecule has 4 aliphatic rings. The van der Waals surface area contributed by atoms with E-state index in [0.29, 0.717) is 12.5 Å². The van der Waals surface area contributed by atoms with Crippen LogP contribution in [0.25, 0.3) is 0 Å². The van der Waals surface area contributed by atoms with Crippen LogP contribution < -0.4 is 4.74 Å². The zero-order chi connectivity index (χ0) is 18.1. The first-order valence-corrected chi connectivity index (χ1v) is 11.4. The molecule has 2 aliphatic carbocycles. The first kappa shape index (κ1) is 18.0. The van der Waals surface area contributed by atoms with Gasteiger partial charge in [-0.25, -0.2) is 0 Å². The van der Waals surface area contributed by atoms with Crippen LogP contribution in [0.1, 0.15) is 69.3 Å². The minimum absolute atomic E-state index is 0.284. The Kier molecular flexibility index (Phi) is 5.42. The molecule has 3 heteroatoms. The van der Waals surface area contributed by atoms with Gasteiger partial charge in [0.25, 0.3) is 0 Å². The first-order valence-electron chi connectivity index (χ1n) is 11.4. The number of para-hydroxylation sites is 1. The van der Waals surface area contributed by atoms with Crippen LogP contribution >= 0.6 is 0 Å². The molecule has 27 heavy (non-hydrogen) atoms. The lowest BCUT2D eigenvalue weighted by molar-refractivity contribution is -0.0113. The molecule has 5 rings (SSSR count). The molecule has 1 aromatic carbocycles. The van der Waals surface area contributed by atoms with E-state index >= 15 is 0 Å². The molecule has 2 aliphatic heterocycles. The van der Waals surface area contributed by atoms with Gasteiger partial charge < -0.3 is 14.4 Å². The van der Waals surface area contributed by atoms with Gasteiger partial charge in [-0.3, -0.25) is 0 Å². The van der Waals surface area contributed by atoms with Crippen LogP contribution in [0.3, 0.4) is 0 Å². The Balaban J connectivity index is 1.18. The molecule has 1 aromatic rings. The second-order valence-corrected chi connectivity index (χ2v) is 9.39. The number of likely N-dealkylation sites (tertiary alicyclic amines) is 1. The molecule has 148 valence electrons. The van der Waals surface area contributed by atoms with E-state index in [9.17, 15) is 0 Å². The lowest BCUT2D eigenvalue weighted by Gasteiger charge is -2.40. The van der Waals surface area contributed by atoms with Crippen LogP contribution in [0.4, 0.5) is 0 Å². The third kappa shape index (κ3) is 3.91. The summed E-state index contributed by atoms with van der Waals surface area (Å²) in [5, 5.41) is 0. The molecule has 0 amide bonds. The van der Waals surface area contributed by atoms with Gasteiger partial charge in [-0.2, -0.15) is 0 Å². The van der Waals surface area contributed by atoms with Crippen LogP contribution in [0.2, 0.25) is 0 Å². The predicted octanol–water partition coefficient (Wildman–Crippen LogP) is 5.00. The maximum Gasteiger partial charge on any atom is 0.122 e. The van der Waals surface area contributed by atoms with Crippen molar-refractivity contribution in [2.75, 3.05) is 26.3 Å². The summed E-state index contributed by atoms with van der Waals surface area (Å²) >= 11 is 0. The van der Waals surface area contributed by atoms with Crippen LogP contribution in [-0.2, 0) is 4.74 Å². The van der Waals surface area contributed by atoms with Crippen LogP contribution in [0, 0.1) is 11.8 Å².